The van der Waals surface area contributed by atoms with Gasteiger partial charge < -0.3 is 9.73 Å². The summed E-state index contributed by atoms with van der Waals surface area (Å²) in [6, 6.07) is 22.3. The Hall–Kier alpha value is -3.14. The van der Waals surface area contributed by atoms with Gasteiger partial charge in [0.2, 0.25) is 0 Å². The molecule has 1 heterocycles. The summed E-state index contributed by atoms with van der Waals surface area (Å²) in [7, 11) is 0. The summed E-state index contributed by atoms with van der Waals surface area (Å²) in [4.78, 5) is 4.46. The van der Waals surface area contributed by atoms with E-state index in [2.05, 4.69) is 10.3 Å². The van der Waals surface area contributed by atoms with Crippen molar-refractivity contribution in [3.63, 3.8) is 0 Å². The second-order valence-corrected chi connectivity index (χ2v) is 5.20. The van der Waals surface area contributed by atoms with E-state index in [-0.39, 0.29) is 5.82 Å². The minimum atomic E-state index is -0.245. The Morgan fingerprint density at radius 1 is 0.826 bits per heavy atom. The van der Waals surface area contributed by atoms with Crippen LogP contribution in [0.1, 0.15) is 0 Å². The number of hydrogen-bond donors (Lipinski definition) is 1. The van der Waals surface area contributed by atoms with Crippen LogP contribution in [-0.2, 0) is 0 Å². The van der Waals surface area contributed by atoms with Crippen LogP contribution >= 0.6 is 0 Å². The number of para-hydroxylation sites is 1. The minimum absolute atomic E-state index is 0.245. The number of anilines is 2. The van der Waals surface area contributed by atoms with Crippen LogP contribution in [0.15, 0.2) is 77.2 Å². The Balaban J connectivity index is 1.68. The fraction of sp³-hybridized carbons (Fsp3) is 0. The molecule has 0 amide bonds. The largest absolute Gasteiger partial charge is 0.423 e. The zero-order chi connectivity index (χ0) is 15.6. The van der Waals surface area contributed by atoms with Crippen molar-refractivity contribution in [1.82, 2.24) is 4.98 Å². The number of benzene rings is 3. The molecular weight excluding hydrogens is 291 g/mol. The summed E-state index contributed by atoms with van der Waals surface area (Å²) in [5.41, 5.74) is 4.28. The minimum Gasteiger partial charge on any atom is -0.423 e. The smallest absolute Gasteiger partial charge is 0.300 e. The molecule has 112 valence electrons. The van der Waals surface area contributed by atoms with Crippen LogP contribution in [0.5, 0.6) is 0 Å². The molecule has 3 aromatic carbocycles. The molecule has 4 aromatic rings. The van der Waals surface area contributed by atoms with Gasteiger partial charge in [0.05, 0.1) is 0 Å². The van der Waals surface area contributed by atoms with Crippen LogP contribution in [0, 0.1) is 5.82 Å². The van der Waals surface area contributed by atoms with Gasteiger partial charge in [-0.15, -0.1) is 0 Å². The van der Waals surface area contributed by atoms with Crippen molar-refractivity contribution in [1.29, 1.82) is 0 Å². The lowest BCUT2D eigenvalue weighted by Crippen LogP contribution is -1.88. The highest BCUT2D eigenvalue weighted by molar-refractivity contribution is 5.81. The van der Waals surface area contributed by atoms with Gasteiger partial charge in [0, 0.05) is 5.69 Å². The lowest BCUT2D eigenvalue weighted by Gasteiger charge is -2.00. The van der Waals surface area contributed by atoms with Gasteiger partial charge in [0.25, 0.3) is 6.01 Å². The second-order valence-electron chi connectivity index (χ2n) is 5.20. The highest BCUT2D eigenvalue weighted by Gasteiger charge is 2.08. The second kappa shape index (κ2) is 5.57. The van der Waals surface area contributed by atoms with Crippen molar-refractivity contribution in [2.75, 3.05) is 5.32 Å². The van der Waals surface area contributed by atoms with Crippen LogP contribution < -0.4 is 5.32 Å². The highest BCUT2D eigenvalue weighted by Crippen LogP contribution is 2.27. The molecule has 1 N–H and O–H groups in total. The summed E-state index contributed by atoms with van der Waals surface area (Å²) in [5, 5.41) is 3.13. The van der Waals surface area contributed by atoms with Gasteiger partial charge in [0.15, 0.2) is 5.58 Å². The Labute approximate surface area is 132 Å². The van der Waals surface area contributed by atoms with E-state index in [1.807, 2.05) is 48.5 Å². The van der Waals surface area contributed by atoms with Crippen molar-refractivity contribution in [3.8, 4) is 11.1 Å². The van der Waals surface area contributed by atoms with E-state index < -0.39 is 0 Å². The van der Waals surface area contributed by atoms with E-state index in [1.165, 1.54) is 12.1 Å². The maximum absolute atomic E-state index is 13.0. The SMILES string of the molecule is Fc1ccc(-c2ccc3oc(Nc4ccccc4)nc3c2)cc1. The van der Waals surface area contributed by atoms with Crippen molar-refractivity contribution in [2.45, 2.75) is 0 Å². The van der Waals surface area contributed by atoms with E-state index in [1.54, 1.807) is 12.1 Å². The predicted molar refractivity (Wildman–Crippen MR) is 89.1 cm³/mol. The maximum Gasteiger partial charge on any atom is 0.300 e. The maximum atomic E-state index is 13.0. The number of fused-ring (bicyclic) bond motifs is 1. The molecule has 0 aliphatic rings. The topological polar surface area (TPSA) is 38.1 Å². The normalized spacial score (nSPS) is 10.8. The van der Waals surface area contributed by atoms with Gasteiger partial charge in [-0.3, -0.25) is 0 Å². The van der Waals surface area contributed by atoms with E-state index in [0.29, 0.717) is 11.6 Å². The lowest BCUT2D eigenvalue weighted by molar-refractivity contribution is 0.623. The van der Waals surface area contributed by atoms with E-state index in [0.717, 1.165) is 22.3 Å². The molecule has 1 aromatic heterocycles. The molecule has 0 atom stereocenters. The van der Waals surface area contributed by atoms with Gasteiger partial charge in [-0.25, -0.2) is 4.39 Å². The summed E-state index contributed by atoms with van der Waals surface area (Å²) in [5.74, 6) is -0.245. The monoisotopic (exact) mass is 304 g/mol. The molecule has 0 aliphatic heterocycles. The quantitative estimate of drug-likeness (QED) is 0.552. The van der Waals surface area contributed by atoms with Crippen molar-refractivity contribution in [2.24, 2.45) is 0 Å². The molecule has 0 unspecified atom stereocenters. The first-order valence-electron chi connectivity index (χ1n) is 7.26. The number of oxazole rings is 1. The third kappa shape index (κ3) is 2.79. The van der Waals surface area contributed by atoms with Crippen molar-refractivity contribution >= 4 is 22.8 Å². The van der Waals surface area contributed by atoms with Crippen LogP contribution in [0.2, 0.25) is 0 Å². The molecule has 3 nitrogen and oxygen atoms in total. The van der Waals surface area contributed by atoms with Gasteiger partial charge in [-0.05, 0) is 47.5 Å². The Morgan fingerprint density at radius 3 is 2.35 bits per heavy atom. The average Bonchev–Trinajstić information content (AvgIpc) is 2.98. The molecule has 0 saturated carbocycles. The van der Waals surface area contributed by atoms with E-state index in [4.69, 9.17) is 4.42 Å². The molecule has 23 heavy (non-hydrogen) atoms. The molecule has 0 radical (unpaired) electrons. The summed E-state index contributed by atoms with van der Waals surface area (Å²) >= 11 is 0. The number of nitrogens with zero attached hydrogens (tertiary/aromatic N) is 1. The van der Waals surface area contributed by atoms with Crippen molar-refractivity contribution < 1.29 is 8.81 Å². The third-order valence-electron chi connectivity index (χ3n) is 3.59. The van der Waals surface area contributed by atoms with Crippen LogP contribution in [0.4, 0.5) is 16.1 Å². The zero-order valence-corrected chi connectivity index (χ0v) is 12.2. The number of hydrogen-bond acceptors (Lipinski definition) is 3. The molecule has 0 fully saturated rings. The first kappa shape index (κ1) is 13.5. The van der Waals surface area contributed by atoms with Gasteiger partial charge in [-0.1, -0.05) is 36.4 Å². The summed E-state index contributed by atoms with van der Waals surface area (Å²) in [6.07, 6.45) is 0. The molecule has 0 aliphatic carbocycles. The fourth-order valence-corrected chi connectivity index (χ4v) is 2.45. The first-order chi connectivity index (χ1) is 11.3. The average molecular weight is 304 g/mol. The Morgan fingerprint density at radius 2 is 1.57 bits per heavy atom. The number of aromatic nitrogens is 1. The Kier molecular flexibility index (Phi) is 3.27. The Bertz CT molecular complexity index is 946. The highest BCUT2D eigenvalue weighted by atomic mass is 19.1. The number of nitrogens with one attached hydrogen (secondary N) is 1. The molecule has 0 saturated heterocycles. The number of halogens is 1. The molecule has 4 heteroatoms. The molecule has 0 spiro atoms. The fourth-order valence-electron chi connectivity index (χ4n) is 2.45. The van der Waals surface area contributed by atoms with Gasteiger partial charge in [-0.2, -0.15) is 4.98 Å². The van der Waals surface area contributed by atoms with Gasteiger partial charge in [0.1, 0.15) is 11.3 Å². The lowest BCUT2D eigenvalue weighted by atomic mass is 10.1. The third-order valence-corrected chi connectivity index (χ3v) is 3.59. The predicted octanol–water partition coefficient (Wildman–Crippen LogP) is 5.38. The van der Waals surface area contributed by atoms with Crippen LogP contribution in [0.25, 0.3) is 22.2 Å². The van der Waals surface area contributed by atoms with E-state index >= 15 is 0 Å². The van der Waals surface area contributed by atoms with Crippen molar-refractivity contribution in [3.05, 3.63) is 78.6 Å². The summed E-state index contributed by atoms with van der Waals surface area (Å²) in [6.45, 7) is 0. The number of rotatable bonds is 3. The zero-order valence-electron chi connectivity index (χ0n) is 12.2. The van der Waals surface area contributed by atoms with E-state index in [9.17, 15) is 4.39 Å². The molecule has 4 rings (SSSR count). The molecule has 0 bridgehead atoms. The summed E-state index contributed by atoms with van der Waals surface area (Å²) < 4.78 is 18.7. The van der Waals surface area contributed by atoms with Gasteiger partial charge >= 0.3 is 0 Å². The standard InChI is InChI=1S/C19H13FN2O/c20-15-9-6-13(7-10-15)14-8-11-18-17(12-14)22-19(23-18)21-16-4-2-1-3-5-16/h1-12H,(H,21,22). The molecular formula is C19H13FN2O. The first-order valence-corrected chi connectivity index (χ1v) is 7.26. The van der Waals surface area contributed by atoms with Crippen LogP contribution in [-0.4, -0.2) is 4.98 Å². The van der Waals surface area contributed by atoms with Crippen LogP contribution in [0.3, 0.4) is 0 Å².